The van der Waals surface area contributed by atoms with Crippen molar-refractivity contribution in [3.8, 4) is 5.69 Å². The Hall–Kier alpha value is -1.75. The van der Waals surface area contributed by atoms with Gasteiger partial charge in [0.15, 0.2) is 5.82 Å². The molecule has 0 aliphatic rings. The number of nitrogens with one attached hydrogen (secondary N) is 1. The molecule has 2 rings (SSSR count). The molecule has 0 saturated heterocycles. The first-order chi connectivity index (χ1) is 8.99. The van der Waals surface area contributed by atoms with Crippen molar-refractivity contribution in [2.45, 2.75) is 46.2 Å². The van der Waals surface area contributed by atoms with Crippen LogP contribution in [0.15, 0.2) is 24.3 Å². The smallest absolute Gasteiger partial charge is 0.170 e. The Morgan fingerprint density at radius 2 is 1.84 bits per heavy atom. The summed E-state index contributed by atoms with van der Waals surface area (Å²) in [5.41, 5.74) is 2.35. The molecule has 0 unspecified atom stereocenters. The molecule has 102 valence electrons. The molecule has 0 radical (unpaired) electrons. The molecule has 0 atom stereocenters. The molecule has 1 aromatic carbocycles. The fourth-order valence-electron chi connectivity index (χ4n) is 1.73. The van der Waals surface area contributed by atoms with Gasteiger partial charge in [0.25, 0.3) is 0 Å². The van der Waals surface area contributed by atoms with Crippen LogP contribution in [0, 0.1) is 0 Å². The number of benzene rings is 1. The predicted octanol–water partition coefficient (Wildman–Crippen LogP) is 2.11. The lowest BCUT2D eigenvalue weighted by atomic mass is 10.1. The van der Waals surface area contributed by atoms with Crippen molar-refractivity contribution >= 4 is 0 Å². The molecule has 0 aliphatic carbocycles. The van der Waals surface area contributed by atoms with E-state index in [1.54, 1.807) is 4.68 Å². The van der Waals surface area contributed by atoms with E-state index in [0.717, 1.165) is 17.9 Å². The maximum Gasteiger partial charge on any atom is 0.170 e. The highest BCUT2D eigenvalue weighted by Crippen LogP contribution is 2.11. The quantitative estimate of drug-likeness (QED) is 0.913. The van der Waals surface area contributed by atoms with Gasteiger partial charge in [-0.15, -0.1) is 5.10 Å². The van der Waals surface area contributed by atoms with E-state index >= 15 is 0 Å². The SMILES string of the molecule is CCc1ccc(-n2nnnc2CNC(C)(C)C)cc1. The van der Waals surface area contributed by atoms with Gasteiger partial charge in [0.1, 0.15) is 0 Å². The van der Waals surface area contributed by atoms with Gasteiger partial charge >= 0.3 is 0 Å². The Morgan fingerprint density at radius 1 is 1.16 bits per heavy atom. The standard InChI is InChI=1S/C14H21N5/c1-5-11-6-8-12(9-7-11)19-13(16-17-18-19)10-15-14(2,3)4/h6-9,15H,5,10H2,1-4H3. The van der Waals surface area contributed by atoms with Crippen molar-refractivity contribution < 1.29 is 0 Å². The maximum absolute atomic E-state index is 4.08. The number of rotatable bonds is 4. The average Bonchev–Trinajstić information content (AvgIpc) is 2.84. The number of nitrogens with zero attached hydrogens (tertiary/aromatic N) is 4. The molecular formula is C14H21N5. The fraction of sp³-hybridized carbons (Fsp3) is 0.500. The van der Waals surface area contributed by atoms with Crippen LogP contribution in [-0.2, 0) is 13.0 Å². The minimum Gasteiger partial charge on any atom is -0.305 e. The van der Waals surface area contributed by atoms with E-state index in [-0.39, 0.29) is 5.54 Å². The Kier molecular flexibility index (Phi) is 3.95. The second-order valence-electron chi connectivity index (χ2n) is 5.63. The second kappa shape index (κ2) is 5.48. The lowest BCUT2D eigenvalue weighted by molar-refractivity contribution is 0.415. The number of hydrogen-bond donors (Lipinski definition) is 1. The zero-order valence-electron chi connectivity index (χ0n) is 12.0. The lowest BCUT2D eigenvalue weighted by Crippen LogP contribution is -2.35. The van der Waals surface area contributed by atoms with E-state index in [0.29, 0.717) is 6.54 Å². The second-order valence-corrected chi connectivity index (χ2v) is 5.63. The van der Waals surface area contributed by atoms with E-state index in [9.17, 15) is 0 Å². The van der Waals surface area contributed by atoms with Gasteiger partial charge in [-0.1, -0.05) is 19.1 Å². The molecule has 19 heavy (non-hydrogen) atoms. The van der Waals surface area contributed by atoms with Crippen molar-refractivity contribution in [3.05, 3.63) is 35.7 Å². The summed E-state index contributed by atoms with van der Waals surface area (Å²) in [6.45, 7) is 9.16. The van der Waals surface area contributed by atoms with Crippen LogP contribution in [0.5, 0.6) is 0 Å². The highest BCUT2D eigenvalue weighted by molar-refractivity contribution is 5.34. The van der Waals surface area contributed by atoms with Crippen molar-refractivity contribution in [2.24, 2.45) is 0 Å². The van der Waals surface area contributed by atoms with E-state index in [1.165, 1.54) is 5.56 Å². The third-order valence-electron chi connectivity index (χ3n) is 2.90. The maximum atomic E-state index is 4.08. The number of aromatic nitrogens is 4. The van der Waals surface area contributed by atoms with Crippen LogP contribution in [-0.4, -0.2) is 25.7 Å². The normalized spacial score (nSPS) is 11.8. The summed E-state index contributed by atoms with van der Waals surface area (Å²) in [6, 6.07) is 8.32. The van der Waals surface area contributed by atoms with Gasteiger partial charge in [0.2, 0.25) is 0 Å². The molecule has 5 nitrogen and oxygen atoms in total. The van der Waals surface area contributed by atoms with Gasteiger partial charge in [-0.2, -0.15) is 4.68 Å². The molecule has 1 heterocycles. The third kappa shape index (κ3) is 3.61. The van der Waals surface area contributed by atoms with Gasteiger partial charge in [-0.05, 0) is 55.3 Å². The van der Waals surface area contributed by atoms with E-state index < -0.39 is 0 Å². The fourth-order valence-corrected chi connectivity index (χ4v) is 1.73. The molecule has 0 aliphatic heterocycles. The van der Waals surface area contributed by atoms with Crippen LogP contribution in [0.25, 0.3) is 5.69 Å². The molecule has 1 aromatic heterocycles. The van der Waals surface area contributed by atoms with Crippen LogP contribution in [0.2, 0.25) is 0 Å². The highest BCUT2D eigenvalue weighted by Gasteiger charge is 2.13. The third-order valence-corrected chi connectivity index (χ3v) is 2.90. The topological polar surface area (TPSA) is 55.6 Å². The largest absolute Gasteiger partial charge is 0.305 e. The van der Waals surface area contributed by atoms with Gasteiger partial charge < -0.3 is 5.32 Å². The number of tetrazole rings is 1. The molecule has 0 amide bonds. The summed E-state index contributed by atoms with van der Waals surface area (Å²) in [4.78, 5) is 0. The van der Waals surface area contributed by atoms with Crippen molar-refractivity contribution in [1.82, 2.24) is 25.5 Å². The summed E-state index contributed by atoms with van der Waals surface area (Å²) in [7, 11) is 0. The summed E-state index contributed by atoms with van der Waals surface area (Å²) < 4.78 is 1.78. The molecule has 5 heteroatoms. The van der Waals surface area contributed by atoms with E-state index in [4.69, 9.17) is 0 Å². The van der Waals surface area contributed by atoms with Crippen LogP contribution >= 0.6 is 0 Å². The Labute approximate surface area is 114 Å². The van der Waals surface area contributed by atoms with Crippen molar-refractivity contribution in [2.75, 3.05) is 0 Å². The minimum absolute atomic E-state index is 0.0445. The molecule has 0 saturated carbocycles. The zero-order chi connectivity index (χ0) is 13.9. The van der Waals surface area contributed by atoms with Crippen molar-refractivity contribution in [1.29, 1.82) is 0 Å². The van der Waals surface area contributed by atoms with Gasteiger partial charge in [0.05, 0.1) is 12.2 Å². The first-order valence-electron chi connectivity index (χ1n) is 6.61. The van der Waals surface area contributed by atoms with Gasteiger partial charge in [-0.3, -0.25) is 0 Å². The predicted molar refractivity (Wildman–Crippen MR) is 75.1 cm³/mol. The molecular weight excluding hydrogens is 238 g/mol. The van der Waals surface area contributed by atoms with Crippen LogP contribution in [0.1, 0.15) is 39.1 Å². The highest BCUT2D eigenvalue weighted by atomic mass is 15.5. The molecule has 0 fully saturated rings. The van der Waals surface area contributed by atoms with Gasteiger partial charge in [-0.25, -0.2) is 0 Å². The van der Waals surface area contributed by atoms with Crippen LogP contribution in [0.4, 0.5) is 0 Å². The minimum atomic E-state index is 0.0445. The van der Waals surface area contributed by atoms with Crippen LogP contribution in [0.3, 0.4) is 0 Å². The summed E-state index contributed by atoms with van der Waals surface area (Å²) in [5, 5.41) is 15.3. The molecule has 0 spiro atoms. The Bertz CT molecular complexity index is 522. The lowest BCUT2D eigenvalue weighted by Gasteiger charge is -2.19. The first kappa shape index (κ1) is 13.7. The van der Waals surface area contributed by atoms with E-state index in [1.807, 2.05) is 0 Å². The number of hydrogen-bond acceptors (Lipinski definition) is 4. The number of aryl methyl sites for hydroxylation is 1. The summed E-state index contributed by atoms with van der Waals surface area (Å²) >= 11 is 0. The van der Waals surface area contributed by atoms with E-state index in [2.05, 4.69) is 72.8 Å². The molecule has 0 bridgehead atoms. The molecule has 2 aromatic rings. The Morgan fingerprint density at radius 3 is 2.42 bits per heavy atom. The Balaban J connectivity index is 2.18. The zero-order valence-corrected chi connectivity index (χ0v) is 12.0. The van der Waals surface area contributed by atoms with Crippen LogP contribution < -0.4 is 5.32 Å². The average molecular weight is 259 g/mol. The summed E-state index contributed by atoms with van der Waals surface area (Å²) in [6.07, 6.45) is 1.04. The van der Waals surface area contributed by atoms with Gasteiger partial charge in [0, 0.05) is 5.54 Å². The first-order valence-corrected chi connectivity index (χ1v) is 6.61. The summed E-state index contributed by atoms with van der Waals surface area (Å²) in [5.74, 6) is 0.819. The van der Waals surface area contributed by atoms with Crippen molar-refractivity contribution in [3.63, 3.8) is 0 Å². The molecule has 1 N–H and O–H groups in total. The monoisotopic (exact) mass is 259 g/mol.